The Kier molecular flexibility index (Phi) is 4.91. The molecule has 0 bridgehead atoms. The first kappa shape index (κ1) is 17.0. The zero-order valence-electron chi connectivity index (χ0n) is 12.8. The number of hydrogen-bond donors (Lipinski definition) is 1. The Morgan fingerprint density at radius 2 is 1.62 bits per heavy atom. The summed E-state index contributed by atoms with van der Waals surface area (Å²) in [4.78, 5) is 26.2. The van der Waals surface area contributed by atoms with E-state index in [1.165, 1.54) is 0 Å². The summed E-state index contributed by atoms with van der Waals surface area (Å²) in [6.45, 7) is 1.91. The van der Waals surface area contributed by atoms with E-state index in [-0.39, 0.29) is 16.8 Å². The summed E-state index contributed by atoms with van der Waals surface area (Å²) in [6, 6.07) is 16.6. The number of carbonyl (C=O) groups excluding carboxylic acids is 2. The third kappa shape index (κ3) is 3.18. The number of rotatable bonds is 4. The Labute approximate surface area is 158 Å². The lowest BCUT2D eigenvalue weighted by molar-refractivity contribution is -0.120. The predicted octanol–water partition coefficient (Wildman–Crippen LogP) is 3.97. The fourth-order valence-electron chi connectivity index (χ4n) is 2.49. The Hall–Kier alpha value is -1.86. The molecule has 2 amide bonds. The molecule has 0 radical (unpaired) electrons. The highest BCUT2D eigenvalue weighted by atomic mass is 127. The lowest BCUT2D eigenvalue weighted by Crippen LogP contribution is -2.34. The maximum atomic E-state index is 12.7. The van der Waals surface area contributed by atoms with Gasteiger partial charge in [0.2, 0.25) is 0 Å². The van der Waals surface area contributed by atoms with E-state index < -0.39 is 11.8 Å². The highest BCUT2D eigenvalue weighted by Gasteiger charge is 2.39. The zero-order chi connectivity index (χ0) is 17.3. The smallest absolute Gasteiger partial charge is 0.283 e. The van der Waals surface area contributed by atoms with Gasteiger partial charge in [0.25, 0.3) is 11.8 Å². The molecule has 0 aliphatic carbocycles. The average Bonchev–Trinajstić information content (AvgIpc) is 2.80. The van der Waals surface area contributed by atoms with Gasteiger partial charge in [-0.25, -0.2) is 4.90 Å². The number of hydrogen-bond acceptors (Lipinski definition) is 3. The minimum absolute atomic E-state index is 0.0821. The summed E-state index contributed by atoms with van der Waals surface area (Å²) in [5, 5.41) is 2.99. The third-order valence-corrected chi connectivity index (χ3v) is 4.84. The molecule has 2 aromatic rings. The molecule has 1 N–H and O–H groups in total. The van der Waals surface area contributed by atoms with Crippen LogP contribution in [0.15, 0.2) is 65.3 Å². The molecule has 24 heavy (non-hydrogen) atoms. The third-order valence-electron chi connectivity index (χ3n) is 3.77. The van der Waals surface area contributed by atoms with Crippen molar-refractivity contribution in [3.63, 3.8) is 0 Å². The molecule has 0 saturated heterocycles. The Morgan fingerprint density at radius 1 is 1.00 bits per heavy atom. The number of imide groups is 1. The van der Waals surface area contributed by atoms with Crippen LogP contribution in [0.1, 0.15) is 18.5 Å². The molecule has 3 rings (SSSR count). The molecule has 2 aromatic carbocycles. The van der Waals surface area contributed by atoms with Gasteiger partial charge in [-0.05, 0) is 59.3 Å². The molecule has 122 valence electrons. The Bertz CT molecular complexity index is 819. The van der Waals surface area contributed by atoms with Gasteiger partial charge in [-0.15, -0.1) is 0 Å². The van der Waals surface area contributed by atoms with Crippen molar-refractivity contribution >= 4 is 51.7 Å². The van der Waals surface area contributed by atoms with Crippen LogP contribution in [0.25, 0.3) is 0 Å². The van der Waals surface area contributed by atoms with Gasteiger partial charge in [-0.3, -0.25) is 9.59 Å². The van der Waals surface area contributed by atoms with E-state index in [2.05, 4.69) is 27.9 Å². The van der Waals surface area contributed by atoms with Crippen molar-refractivity contribution in [3.05, 3.63) is 74.5 Å². The highest BCUT2D eigenvalue weighted by Crippen LogP contribution is 2.29. The topological polar surface area (TPSA) is 49.4 Å². The molecule has 1 atom stereocenters. The van der Waals surface area contributed by atoms with E-state index in [0.29, 0.717) is 5.69 Å². The first-order valence-electron chi connectivity index (χ1n) is 7.34. The molecule has 0 saturated carbocycles. The van der Waals surface area contributed by atoms with Crippen LogP contribution in [-0.4, -0.2) is 11.8 Å². The van der Waals surface area contributed by atoms with Gasteiger partial charge in [-0.1, -0.05) is 41.9 Å². The van der Waals surface area contributed by atoms with Gasteiger partial charge < -0.3 is 5.32 Å². The largest absolute Gasteiger partial charge is 0.373 e. The number of nitrogens with zero attached hydrogens (tertiary/aromatic N) is 1. The fourth-order valence-corrected chi connectivity index (χ4v) is 3.07. The molecular formula is C18H14ClIN2O2. The van der Waals surface area contributed by atoms with Crippen LogP contribution in [0.5, 0.6) is 0 Å². The normalized spacial score (nSPS) is 15.9. The van der Waals surface area contributed by atoms with Crippen molar-refractivity contribution in [2.75, 3.05) is 4.90 Å². The molecule has 0 aromatic heterocycles. The van der Waals surface area contributed by atoms with Gasteiger partial charge in [0, 0.05) is 9.61 Å². The van der Waals surface area contributed by atoms with Crippen molar-refractivity contribution in [2.45, 2.75) is 13.0 Å². The molecule has 1 aliphatic rings. The molecular weight excluding hydrogens is 439 g/mol. The van der Waals surface area contributed by atoms with Gasteiger partial charge in [0.05, 0.1) is 5.69 Å². The Morgan fingerprint density at radius 3 is 2.25 bits per heavy atom. The SMILES string of the molecule is CC(NC1=C(Cl)C(=O)N(c2ccc(I)cc2)C1=O)c1ccccc1. The molecule has 6 heteroatoms. The van der Waals surface area contributed by atoms with Crippen LogP contribution in [0.3, 0.4) is 0 Å². The molecule has 4 nitrogen and oxygen atoms in total. The summed E-state index contributed by atoms with van der Waals surface area (Å²) in [6.07, 6.45) is 0. The number of halogens is 2. The van der Waals surface area contributed by atoms with E-state index in [1.807, 2.05) is 49.4 Å². The first-order valence-corrected chi connectivity index (χ1v) is 8.80. The quantitative estimate of drug-likeness (QED) is 0.564. The van der Waals surface area contributed by atoms with Crippen molar-refractivity contribution in [2.24, 2.45) is 0 Å². The number of anilines is 1. The highest BCUT2D eigenvalue weighted by molar-refractivity contribution is 14.1. The van der Waals surface area contributed by atoms with Crippen molar-refractivity contribution < 1.29 is 9.59 Å². The van der Waals surface area contributed by atoms with Gasteiger partial charge in [0.1, 0.15) is 10.7 Å². The second-order valence-corrected chi connectivity index (χ2v) is 7.01. The summed E-state index contributed by atoms with van der Waals surface area (Å²) in [7, 11) is 0. The van der Waals surface area contributed by atoms with Crippen LogP contribution in [0.2, 0.25) is 0 Å². The minimum atomic E-state index is -0.509. The second kappa shape index (κ2) is 6.94. The summed E-state index contributed by atoms with van der Waals surface area (Å²) >= 11 is 8.30. The van der Waals surface area contributed by atoms with E-state index in [4.69, 9.17) is 11.6 Å². The van der Waals surface area contributed by atoms with E-state index in [9.17, 15) is 9.59 Å². The van der Waals surface area contributed by atoms with Crippen molar-refractivity contribution in [1.82, 2.24) is 5.32 Å². The Balaban J connectivity index is 1.85. The molecule has 1 heterocycles. The molecule has 0 fully saturated rings. The zero-order valence-corrected chi connectivity index (χ0v) is 15.7. The predicted molar refractivity (Wildman–Crippen MR) is 103 cm³/mol. The van der Waals surface area contributed by atoms with E-state index in [1.54, 1.807) is 12.1 Å². The molecule has 1 aliphatic heterocycles. The van der Waals surface area contributed by atoms with Crippen LogP contribution >= 0.6 is 34.2 Å². The summed E-state index contributed by atoms with van der Waals surface area (Å²) < 4.78 is 1.02. The number of amides is 2. The van der Waals surface area contributed by atoms with Crippen LogP contribution < -0.4 is 10.2 Å². The van der Waals surface area contributed by atoms with Crippen molar-refractivity contribution in [3.8, 4) is 0 Å². The monoisotopic (exact) mass is 452 g/mol. The van der Waals surface area contributed by atoms with Crippen LogP contribution in [-0.2, 0) is 9.59 Å². The van der Waals surface area contributed by atoms with Gasteiger partial charge in [0.15, 0.2) is 0 Å². The average molecular weight is 453 g/mol. The molecule has 1 unspecified atom stereocenters. The number of carbonyl (C=O) groups is 2. The lowest BCUT2D eigenvalue weighted by Gasteiger charge is -2.18. The van der Waals surface area contributed by atoms with Crippen molar-refractivity contribution in [1.29, 1.82) is 0 Å². The number of benzene rings is 2. The fraction of sp³-hybridized carbons (Fsp3) is 0.111. The number of nitrogens with one attached hydrogen (secondary N) is 1. The van der Waals surface area contributed by atoms with Gasteiger partial charge >= 0.3 is 0 Å². The maximum Gasteiger partial charge on any atom is 0.283 e. The lowest BCUT2D eigenvalue weighted by atomic mass is 10.1. The van der Waals surface area contributed by atoms with E-state index >= 15 is 0 Å². The van der Waals surface area contributed by atoms with E-state index in [0.717, 1.165) is 14.0 Å². The summed E-state index contributed by atoms with van der Waals surface area (Å²) in [5.41, 5.74) is 1.65. The first-order chi connectivity index (χ1) is 11.5. The van der Waals surface area contributed by atoms with Crippen LogP contribution in [0.4, 0.5) is 5.69 Å². The standard InChI is InChI=1S/C18H14ClIN2O2/c1-11(12-5-3-2-4-6-12)21-16-15(19)17(23)22(18(16)24)14-9-7-13(20)8-10-14/h2-11,21H,1H3. The van der Waals surface area contributed by atoms with Gasteiger partial charge in [-0.2, -0.15) is 0 Å². The molecule has 0 spiro atoms. The van der Waals surface area contributed by atoms with Crippen LogP contribution in [0, 0.1) is 3.57 Å². The summed E-state index contributed by atoms with van der Waals surface area (Å²) in [5.74, 6) is -0.945. The maximum absolute atomic E-state index is 12.7. The minimum Gasteiger partial charge on any atom is -0.373 e. The second-order valence-electron chi connectivity index (χ2n) is 5.39.